The van der Waals surface area contributed by atoms with Gasteiger partial charge in [0.25, 0.3) is 6.43 Å². The first-order chi connectivity index (χ1) is 5.13. The standard InChI is InChI=1S/C7H16F2N2/c1-3-4-5(2)6(11-10)7(8)9/h5-7,11H,3-4,10H2,1-2H3. The van der Waals surface area contributed by atoms with Crippen molar-refractivity contribution < 1.29 is 8.78 Å². The van der Waals surface area contributed by atoms with E-state index in [2.05, 4.69) is 5.43 Å². The van der Waals surface area contributed by atoms with Gasteiger partial charge in [-0.25, -0.2) is 8.78 Å². The summed E-state index contributed by atoms with van der Waals surface area (Å²) in [5, 5.41) is 0. The Kier molecular flexibility index (Phi) is 5.32. The van der Waals surface area contributed by atoms with E-state index in [1.807, 2.05) is 6.92 Å². The minimum Gasteiger partial charge on any atom is -0.271 e. The third-order valence-electron chi connectivity index (χ3n) is 1.82. The summed E-state index contributed by atoms with van der Waals surface area (Å²) >= 11 is 0. The minimum absolute atomic E-state index is 0.0648. The highest BCUT2D eigenvalue weighted by Gasteiger charge is 2.24. The molecule has 2 unspecified atom stereocenters. The average molecular weight is 166 g/mol. The van der Waals surface area contributed by atoms with Gasteiger partial charge in [0.1, 0.15) is 0 Å². The van der Waals surface area contributed by atoms with Crippen molar-refractivity contribution in [2.45, 2.75) is 39.2 Å². The van der Waals surface area contributed by atoms with Gasteiger partial charge >= 0.3 is 0 Å². The van der Waals surface area contributed by atoms with Crippen molar-refractivity contribution in [3.8, 4) is 0 Å². The van der Waals surface area contributed by atoms with Crippen LogP contribution in [-0.2, 0) is 0 Å². The molecule has 68 valence electrons. The van der Waals surface area contributed by atoms with Crippen LogP contribution in [-0.4, -0.2) is 12.5 Å². The number of alkyl halides is 2. The molecule has 0 aliphatic heterocycles. The Morgan fingerprint density at radius 1 is 1.45 bits per heavy atom. The molecule has 0 bridgehead atoms. The molecule has 0 fully saturated rings. The zero-order chi connectivity index (χ0) is 8.85. The number of hydrogen-bond donors (Lipinski definition) is 2. The van der Waals surface area contributed by atoms with Crippen LogP contribution in [0.2, 0.25) is 0 Å². The van der Waals surface area contributed by atoms with Crippen LogP contribution in [0, 0.1) is 5.92 Å². The molecular formula is C7H16F2N2. The molecule has 0 rings (SSSR count). The number of nitrogens with two attached hydrogens (primary N) is 1. The maximum Gasteiger partial charge on any atom is 0.255 e. The second-order valence-electron chi connectivity index (χ2n) is 2.79. The Morgan fingerprint density at radius 3 is 2.27 bits per heavy atom. The topological polar surface area (TPSA) is 38.0 Å². The molecule has 0 aromatic heterocycles. The molecule has 0 heterocycles. The van der Waals surface area contributed by atoms with E-state index in [1.165, 1.54) is 0 Å². The zero-order valence-electron chi connectivity index (χ0n) is 6.98. The van der Waals surface area contributed by atoms with Gasteiger partial charge < -0.3 is 0 Å². The summed E-state index contributed by atoms with van der Waals surface area (Å²) in [5.74, 6) is 4.91. The molecule has 0 amide bonds. The maximum absolute atomic E-state index is 12.1. The first-order valence-electron chi connectivity index (χ1n) is 3.87. The lowest BCUT2D eigenvalue weighted by molar-refractivity contribution is 0.0707. The first kappa shape index (κ1) is 10.8. The molecular weight excluding hydrogens is 150 g/mol. The molecule has 2 nitrogen and oxygen atoms in total. The highest BCUT2D eigenvalue weighted by Crippen LogP contribution is 2.15. The Bertz CT molecular complexity index is 98.4. The van der Waals surface area contributed by atoms with E-state index in [1.54, 1.807) is 6.92 Å². The number of hydrazine groups is 1. The fourth-order valence-electron chi connectivity index (χ4n) is 1.12. The van der Waals surface area contributed by atoms with E-state index in [0.717, 1.165) is 12.8 Å². The second kappa shape index (κ2) is 5.43. The summed E-state index contributed by atoms with van der Waals surface area (Å²) in [5.41, 5.74) is 2.14. The molecule has 11 heavy (non-hydrogen) atoms. The smallest absolute Gasteiger partial charge is 0.255 e. The third kappa shape index (κ3) is 3.62. The van der Waals surface area contributed by atoms with Gasteiger partial charge in [-0.1, -0.05) is 20.3 Å². The Morgan fingerprint density at radius 2 is 2.00 bits per heavy atom. The van der Waals surface area contributed by atoms with Crippen molar-refractivity contribution in [3.63, 3.8) is 0 Å². The molecule has 0 radical (unpaired) electrons. The first-order valence-corrected chi connectivity index (χ1v) is 3.87. The highest BCUT2D eigenvalue weighted by molar-refractivity contribution is 4.72. The van der Waals surface area contributed by atoms with Crippen molar-refractivity contribution in [2.24, 2.45) is 11.8 Å². The van der Waals surface area contributed by atoms with E-state index < -0.39 is 12.5 Å². The predicted octanol–water partition coefficient (Wildman–Crippen LogP) is 1.52. The van der Waals surface area contributed by atoms with Gasteiger partial charge in [-0.2, -0.15) is 0 Å². The van der Waals surface area contributed by atoms with Crippen molar-refractivity contribution in [3.05, 3.63) is 0 Å². The van der Waals surface area contributed by atoms with Gasteiger partial charge in [0.05, 0.1) is 6.04 Å². The van der Waals surface area contributed by atoms with Crippen molar-refractivity contribution in [1.29, 1.82) is 0 Å². The fraction of sp³-hybridized carbons (Fsp3) is 1.00. The van der Waals surface area contributed by atoms with E-state index in [4.69, 9.17) is 5.84 Å². The molecule has 0 saturated heterocycles. The van der Waals surface area contributed by atoms with E-state index >= 15 is 0 Å². The van der Waals surface area contributed by atoms with Crippen molar-refractivity contribution >= 4 is 0 Å². The maximum atomic E-state index is 12.1. The fourth-order valence-corrected chi connectivity index (χ4v) is 1.12. The van der Waals surface area contributed by atoms with Crippen LogP contribution in [0.25, 0.3) is 0 Å². The summed E-state index contributed by atoms with van der Waals surface area (Å²) in [6.07, 6.45) is -0.688. The van der Waals surface area contributed by atoms with Crippen LogP contribution in [0.3, 0.4) is 0 Å². The largest absolute Gasteiger partial charge is 0.271 e. The Balaban J connectivity index is 3.81. The van der Waals surface area contributed by atoms with Crippen LogP contribution in [0.5, 0.6) is 0 Å². The lowest BCUT2D eigenvalue weighted by Crippen LogP contribution is -2.45. The average Bonchev–Trinajstić information content (AvgIpc) is 1.88. The molecule has 0 aliphatic carbocycles. The summed E-state index contributed by atoms with van der Waals surface area (Å²) in [6, 6.07) is -0.866. The van der Waals surface area contributed by atoms with Crippen molar-refractivity contribution in [2.75, 3.05) is 0 Å². The van der Waals surface area contributed by atoms with Gasteiger partial charge in [-0.05, 0) is 12.3 Å². The Labute approximate surface area is 66.1 Å². The molecule has 0 aromatic rings. The highest BCUT2D eigenvalue weighted by atomic mass is 19.3. The van der Waals surface area contributed by atoms with Crippen LogP contribution < -0.4 is 11.3 Å². The number of hydrogen-bond acceptors (Lipinski definition) is 2. The number of halogens is 2. The molecule has 0 aromatic carbocycles. The molecule has 0 saturated carbocycles. The van der Waals surface area contributed by atoms with Gasteiger partial charge in [-0.15, -0.1) is 0 Å². The Hall–Kier alpha value is -0.220. The minimum atomic E-state index is -2.37. The third-order valence-corrected chi connectivity index (χ3v) is 1.82. The molecule has 0 spiro atoms. The monoisotopic (exact) mass is 166 g/mol. The SMILES string of the molecule is CCCC(C)C(NN)C(F)F. The van der Waals surface area contributed by atoms with Gasteiger partial charge in [0.2, 0.25) is 0 Å². The van der Waals surface area contributed by atoms with Gasteiger partial charge in [-0.3, -0.25) is 11.3 Å². The summed E-state index contributed by atoms with van der Waals surface area (Å²) in [7, 11) is 0. The molecule has 4 heteroatoms. The molecule has 3 N–H and O–H groups in total. The summed E-state index contributed by atoms with van der Waals surface area (Å²) in [6.45, 7) is 3.75. The van der Waals surface area contributed by atoms with Gasteiger partial charge in [0, 0.05) is 0 Å². The van der Waals surface area contributed by atoms with Gasteiger partial charge in [0.15, 0.2) is 0 Å². The van der Waals surface area contributed by atoms with Crippen LogP contribution in [0.4, 0.5) is 8.78 Å². The quantitative estimate of drug-likeness (QED) is 0.480. The van der Waals surface area contributed by atoms with E-state index in [-0.39, 0.29) is 5.92 Å². The summed E-state index contributed by atoms with van der Waals surface area (Å²) < 4.78 is 24.3. The van der Waals surface area contributed by atoms with E-state index in [0.29, 0.717) is 0 Å². The van der Waals surface area contributed by atoms with Crippen LogP contribution >= 0.6 is 0 Å². The number of rotatable bonds is 5. The normalized spacial score (nSPS) is 16.9. The summed E-state index contributed by atoms with van der Waals surface area (Å²) in [4.78, 5) is 0. The molecule has 0 aliphatic rings. The lowest BCUT2D eigenvalue weighted by Gasteiger charge is -2.21. The van der Waals surface area contributed by atoms with Crippen molar-refractivity contribution in [1.82, 2.24) is 5.43 Å². The number of nitrogens with one attached hydrogen (secondary N) is 1. The van der Waals surface area contributed by atoms with E-state index in [9.17, 15) is 8.78 Å². The zero-order valence-corrected chi connectivity index (χ0v) is 6.98. The van der Waals surface area contributed by atoms with Crippen LogP contribution in [0.15, 0.2) is 0 Å². The lowest BCUT2D eigenvalue weighted by atomic mass is 9.98. The second-order valence-corrected chi connectivity index (χ2v) is 2.79. The van der Waals surface area contributed by atoms with Crippen LogP contribution in [0.1, 0.15) is 26.7 Å². The molecule has 2 atom stereocenters. The predicted molar refractivity (Wildman–Crippen MR) is 41.2 cm³/mol.